The van der Waals surface area contributed by atoms with Crippen LogP contribution >= 0.6 is 0 Å². The molecule has 3 aromatic carbocycles. The van der Waals surface area contributed by atoms with E-state index in [0.29, 0.717) is 17.9 Å². The fourth-order valence-corrected chi connectivity index (χ4v) is 5.91. The number of hydrogen-bond donors (Lipinski definition) is 2. The Morgan fingerprint density at radius 1 is 1.06 bits per heavy atom. The Labute approximate surface area is 212 Å². The van der Waals surface area contributed by atoms with Gasteiger partial charge in [0.1, 0.15) is 5.78 Å². The van der Waals surface area contributed by atoms with Gasteiger partial charge in [-0.05, 0) is 78.8 Å². The number of Topliss-reactive ketones (excluding diaryl/α,β-unsaturated/α-hetero) is 1. The largest absolute Gasteiger partial charge is 0.454 e. The normalized spacial score (nSPS) is 16.5. The summed E-state index contributed by atoms with van der Waals surface area (Å²) in [6, 6.07) is 17.8. The molecular weight excluding hydrogens is 478 g/mol. The van der Waals surface area contributed by atoms with Crippen LogP contribution in [0.3, 0.4) is 0 Å². The standard InChI is InChI=1S/C28H29NO6S.H2/c1-18-3-4-20(13-24(18)21-5-8-23(9-6-21)36(32,33)29-19(2)16-30)14-27(31)28(11-12-28)22-7-10-25-26(15-22)35-17-34-25;/h3-10,13,15,19,29-30H,11-12,14,16-17H2,1-2H3;1H/t19-;/m1./s1. The van der Waals surface area contributed by atoms with Crippen LogP contribution in [0.1, 0.15) is 37.9 Å². The summed E-state index contributed by atoms with van der Waals surface area (Å²) in [5.74, 6) is 1.58. The molecule has 1 aliphatic carbocycles. The first-order valence-corrected chi connectivity index (χ1v) is 13.5. The zero-order chi connectivity index (χ0) is 25.5. The Kier molecular flexibility index (Phi) is 6.36. The highest BCUT2D eigenvalue weighted by Crippen LogP contribution is 2.51. The van der Waals surface area contributed by atoms with Crippen molar-refractivity contribution >= 4 is 15.8 Å². The summed E-state index contributed by atoms with van der Waals surface area (Å²) in [4.78, 5) is 13.6. The van der Waals surface area contributed by atoms with Crippen LogP contribution in [-0.4, -0.2) is 38.7 Å². The summed E-state index contributed by atoms with van der Waals surface area (Å²) in [6.07, 6.45) is 1.96. The van der Waals surface area contributed by atoms with Gasteiger partial charge in [0.25, 0.3) is 0 Å². The maximum Gasteiger partial charge on any atom is 0.240 e. The van der Waals surface area contributed by atoms with Gasteiger partial charge in [-0.1, -0.05) is 36.4 Å². The monoisotopic (exact) mass is 509 g/mol. The molecule has 7 nitrogen and oxygen atoms in total. The van der Waals surface area contributed by atoms with E-state index in [-0.39, 0.29) is 25.5 Å². The van der Waals surface area contributed by atoms with E-state index in [4.69, 9.17) is 14.6 Å². The van der Waals surface area contributed by atoms with Crippen LogP contribution in [-0.2, 0) is 26.7 Å². The Bertz CT molecular complexity index is 1420. The molecule has 1 saturated carbocycles. The number of aliphatic hydroxyl groups is 1. The van der Waals surface area contributed by atoms with Crippen molar-refractivity contribution in [1.29, 1.82) is 0 Å². The molecule has 0 saturated heterocycles. The van der Waals surface area contributed by atoms with Gasteiger partial charge in [0.05, 0.1) is 16.9 Å². The molecule has 2 N–H and O–H groups in total. The number of carbonyl (C=O) groups is 1. The zero-order valence-electron chi connectivity index (χ0n) is 20.3. The summed E-state index contributed by atoms with van der Waals surface area (Å²) in [5, 5.41) is 9.15. The summed E-state index contributed by atoms with van der Waals surface area (Å²) < 4.78 is 38.3. The van der Waals surface area contributed by atoms with Crippen molar-refractivity contribution in [3.8, 4) is 22.6 Å². The second kappa shape index (κ2) is 9.35. The molecule has 1 atom stereocenters. The third-order valence-electron chi connectivity index (χ3n) is 6.98. The van der Waals surface area contributed by atoms with Crippen LogP contribution < -0.4 is 14.2 Å². The molecule has 0 spiro atoms. The number of ketones is 1. The molecule has 5 rings (SSSR count). The molecule has 2 aliphatic rings. The Morgan fingerprint density at radius 3 is 2.47 bits per heavy atom. The lowest BCUT2D eigenvalue weighted by Gasteiger charge is -2.16. The van der Waals surface area contributed by atoms with Crippen molar-refractivity contribution in [3.05, 3.63) is 77.4 Å². The van der Waals surface area contributed by atoms with Crippen LogP contribution in [0.25, 0.3) is 11.1 Å². The van der Waals surface area contributed by atoms with Crippen molar-refractivity contribution < 1.29 is 29.2 Å². The number of carbonyl (C=O) groups excluding carboxylic acids is 1. The summed E-state index contributed by atoms with van der Waals surface area (Å²) in [5.41, 5.74) is 4.28. The number of ether oxygens (including phenoxy) is 2. The SMILES string of the molecule is Cc1ccc(CC(=O)C2(c3ccc4c(c3)OCO4)CC2)cc1-c1ccc(S(=O)(=O)N[C@H](C)CO)cc1.[HH]. The van der Waals surface area contributed by atoms with Crippen molar-refractivity contribution in [2.75, 3.05) is 13.4 Å². The molecule has 0 unspecified atom stereocenters. The summed E-state index contributed by atoms with van der Waals surface area (Å²) in [7, 11) is -3.72. The number of rotatable bonds is 9. The van der Waals surface area contributed by atoms with Crippen molar-refractivity contribution in [2.45, 2.75) is 49.5 Å². The Balaban J connectivity index is 0.00000320. The number of hydrogen-bond acceptors (Lipinski definition) is 6. The van der Waals surface area contributed by atoms with Gasteiger partial charge in [0, 0.05) is 13.9 Å². The summed E-state index contributed by atoms with van der Waals surface area (Å²) in [6.45, 7) is 3.51. The van der Waals surface area contributed by atoms with Gasteiger partial charge in [0.2, 0.25) is 16.8 Å². The molecule has 36 heavy (non-hydrogen) atoms. The lowest BCUT2D eigenvalue weighted by atomic mass is 9.87. The van der Waals surface area contributed by atoms with Gasteiger partial charge >= 0.3 is 0 Å². The lowest BCUT2D eigenvalue weighted by Crippen LogP contribution is -2.34. The van der Waals surface area contributed by atoms with E-state index in [1.54, 1.807) is 31.2 Å². The van der Waals surface area contributed by atoms with Crippen molar-refractivity contribution in [1.82, 2.24) is 4.72 Å². The van der Waals surface area contributed by atoms with Gasteiger partial charge in [-0.3, -0.25) is 4.79 Å². The smallest absolute Gasteiger partial charge is 0.240 e. The average molecular weight is 510 g/mol. The number of aryl methyl sites for hydroxylation is 1. The third-order valence-corrected chi connectivity index (χ3v) is 8.59. The minimum atomic E-state index is -3.72. The van der Waals surface area contributed by atoms with Crippen LogP contribution in [0, 0.1) is 6.92 Å². The number of nitrogens with one attached hydrogen (secondary N) is 1. The first-order valence-electron chi connectivity index (χ1n) is 12.0. The molecule has 1 fully saturated rings. The van der Waals surface area contributed by atoms with Gasteiger partial charge in [0.15, 0.2) is 11.5 Å². The molecule has 0 radical (unpaired) electrons. The minimum absolute atomic E-state index is 0. The lowest BCUT2D eigenvalue weighted by molar-refractivity contribution is -0.120. The summed E-state index contributed by atoms with van der Waals surface area (Å²) >= 11 is 0. The zero-order valence-corrected chi connectivity index (χ0v) is 21.1. The molecule has 0 amide bonds. The number of aliphatic hydroxyl groups excluding tert-OH is 1. The van der Waals surface area contributed by atoms with E-state index < -0.39 is 21.5 Å². The van der Waals surface area contributed by atoms with E-state index in [0.717, 1.165) is 40.7 Å². The quantitative estimate of drug-likeness (QED) is 0.450. The Hall–Kier alpha value is -3.20. The van der Waals surface area contributed by atoms with Gasteiger partial charge in [-0.2, -0.15) is 0 Å². The number of sulfonamides is 1. The molecule has 3 aromatic rings. The average Bonchev–Trinajstić information content (AvgIpc) is 3.55. The first kappa shape index (κ1) is 24.5. The molecule has 1 aliphatic heterocycles. The fourth-order valence-electron chi connectivity index (χ4n) is 4.68. The van der Waals surface area contributed by atoms with Crippen molar-refractivity contribution in [3.63, 3.8) is 0 Å². The van der Waals surface area contributed by atoms with E-state index in [1.165, 1.54) is 0 Å². The number of fused-ring (bicyclic) bond motifs is 1. The topological polar surface area (TPSA) is 102 Å². The van der Waals surface area contributed by atoms with Gasteiger partial charge in [-0.25, -0.2) is 13.1 Å². The first-order chi connectivity index (χ1) is 17.2. The maximum atomic E-state index is 13.4. The molecule has 0 bridgehead atoms. The van der Waals surface area contributed by atoms with E-state index in [9.17, 15) is 13.2 Å². The molecule has 190 valence electrons. The van der Waals surface area contributed by atoms with Crippen molar-refractivity contribution in [2.24, 2.45) is 0 Å². The fraction of sp³-hybridized carbons (Fsp3) is 0.321. The van der Waals surface area contributed by atoms with Crippen LogP contribution in [0.15, 0.2) is 65.6 Å². The highest BCUT2D eigenvalue weighted by Gasteiger charge is 2.50. The Morgan fingerprint density at radius 2 is 1.78 bits per heavy atom. The molecular formula is C28H31NO6S. The molecule has 0 aromatic heterocycles. The second-order valence-corrected chi connectivity index (χ2v) is 11.3. The number of benzene rings is 3. The maximum absolute atomic E-state index is 13.4. The van der Waals surface area contributed by atoms with Crippen LogP contribution in [0.5, 0.6) is 11.5 Å². The second-order valence-electron chi connectivity index (χ2n) is 9.63. The predicted molar refractivity (Wildman–Crippen MR) is 138 cm³/mol. The predicted octanol–water partition coefficient (Wildman–Crippen LogP) is 4.14. The van der Waals surface area contributed by atoms with Crippen LogP contribution in [0.4, 0.5) is 0 Å². The molecule has 1 heterocycles. The van der Waals surface area contributed by atoms with Crippen LogP contribution in [0.2, 0.25) is 0 Å². The minimum Gasteiger partial charge on any atom is -0.454 e. The van der Waals surface area contributed by atoms with Gasteiger partial charge in [-0.15, -0.1) is 0 Å². The third kappa shape index (κ3) is 4.64. The van der Waals surface area contributed by atoms with E-state index in [2.05, 4.69) is 4.72 Å². The van der Waals surface area contributed by atoms with Gasteiger partial charge < -0.3 is 14.6 Å². The van der Waals surface area contributed by atoms with E-state index in [1.807, 2.05) is 43.3 Å². The molecule has 8 heteroatoms. The highest BCUT2D eigenvalue weighted by molar-refractivity contribution is 7.89. The van der Waals surface area contributed by atoms with E-state index >= 15 is 0 Å². The highest BCUT2D eigenvalue weighted by atomic mass is 32.2.